The van der Waals surface area contributed by atoms with E-state index in [2.05, 4.69) is 10.3 Å². The van der Waals surface area contributed by atoms with Gasteiger partial charge in [-0.3, -0.25) is 9.78 Å². The van der Waals surface area contributed by atoms with Crippen LogP contribution in [0.15, 0.2) is 12.3 Å². The van der Waals surface area contributed by atoms with Crippen LogP contribution in [0.3, 0.4) is 0 Å². The Balaban J connectivity index is 2.54. The van der Waals surface area contributed by atoms with Gasteiger partial charge >= 0.3 is 0 Å². The average molecular weight is 183 g/mol. The van der Waals surface area contributed by atoms with Crippen molar-refractivity contribution in [1.29, 1.82) is 0 Å². The largest absolute Gasteiger partial charge is 0.352 e. The zero-order valence-electron chi connectivity index (χ0n) is 6.30. The number of carbonyl (C=O) groups excluding carboxylic acids is 1. The second-order valence-electron chi connectivity index (χ2n) is 2.65. The number of aromatic nitrogens is 1. The molecule has 1 N–H and O–H groups in total. The van der Waals surface area contributed by atoms with Crippen molar-refractivity contribution in [3.05, 3.63) is 28.5 Å². The van der Waals surface area contributed by atoms with E-state index in [-0.39, 0.29) is 5.91 Å². The van der Waals surface area contributed by atoms with Crippen molar-refractivity contribution in [2.24, 2.45) is 0 Å². The van der Waals surface area contributed by atoms with E-state index >= 15 is 0 Å². The molecule has 2 rings (SSSR count). The number of pyridine rings is 1. The zero-order chi connectivity index (χ0) is 8.55. The molecule has 0 radical (unpaired) electrons. The van der Waals surface area contributed by atoms with Crippen LogP contribution in [-0.4, -0.2) is 17.4 Å². The summed E-state index contributed by atoms with van der Waals surface area (Å²) in [6.45, 7) is 0.667. The minimum atomic E-state index is -0.0775. The maximum absolute atomic E-state index is 11.2. The van der Waals surface area contributed by atoms with Gasteiger partial charge in [0.05, 0.1) is 16.3 Å². The van der Waals surface area contributed by atoms with E-state index in [0.29, 0.717) is 17.1 Å². The van der Waals surface area contributed by atoms with E-state index in [1.807, 2.05) is 0 Å². The van der Waals surface area contributed by atoms with Gasteiger partial charge in [0.25, 0.3) is 5.91 Å². The van der Waals surface area contributed by atoms with Crippen LogP contribution in [0.5, 0.6) is 0 Å². The van der Waals surface area contributed by atoms with Gasteiger partial charge in [0, 0.05) is 19.2 Å². The van der Waals surface area contributed by atoms with E-state index in [1.165, 1.54) is 0 Å². The summed E-state index contributed by atoms with van der Waals surface area (Å²) in [5, 5.41) is 3.23. The standard InChI is InChI=1S/C8H7ClN2O/c9-5-3-6-7(11-4-5)1-2-10-8(6)12/h3-4H,1-2H2,(H,10,12). The predicted molar refractivity (Wildman–Crippen MR) is 45.3 cm³/mol. The summed E-state index contributed by atoms with van der Waals surface area (Å²) in [5.41, 5.74) is 1.44. The number of hydrogen-bond donors (Lipinski definition) is 1. The number of carbonyl (C=O) groups is 1. The maximum Gasteiger partial charge on any atom is 0.253 e. The monoisotopic (exact) mass is 182 g/mol. The molecule has 0 aliphatic carbocycles. The SMILES string of the molecule is O=C1NCCc2ncc(Cl)cc21. The summed E-state index contributed by atoms with van der Waals surface area (Å²) in [4.78, 5) is 15.3. The second-order valence-corrected chi connectivity index (χ2v) is 3.09. The topological polar surface area (TPSA) is 42.0 Å². The molecular formula is C8H7ClN2O. The molecule has 1 aromatic heterocycles. The highest BCUT2D eigenvalue weighted by molar-refractivity contribution is 6.30. The molecule has 1 amide bonds. The molecule has 2 heterocycles. The van der Waals surface area contributed by atoms with Crippen molar-refractivity contribution in [2.75, 3.05) is 6.54 Å². The van der Waals surface area contributed by atoms with E-state index in [0.717, 1.165) is 12.1 Å². The molecule has 62 valence electrons. The Morgan fingerprint density at radius 1 is 1.58 bits per heavy atom. The number of amides is 1. The Bertz CT molecular complexity index is 338. The number of hydrogen-bond acceptors (Lipinski definition) is 2. The highest BCUT2D eigenvalue weighted by atomic mass is 35.5. The first-order chi connectivity index (χ1) is 5.77. The quantitative estimate of drug-likeness (QED) is 0.651. The fourth-order valence-electron chi connectivity index (χ4n) is 1.25. The molecule has 0 unspecified atom stereocenters. The number of halogens is 1. The van der Waals surface area contributed by atoms with Crippen molar-refractivity contribution < 1.29 is 4.79 Å². The Labute approximate surface area is 74.8 Å². The number of rotatable bonds is 0. The summed E-state index contributed by atoms with van der Waals surface area (Å²) in [7, 11) is 0. The second kappa shape index (κ2) is 2.75. The van der Waals surface area contributed by atoms with Gasteiger partial charge in [-0.15, -0.1) is 0 Å². The molecule has 0 aromatic carbocycles. The third-order valence-corrected chi connectivity index (χ3v) is 2.04. The molecule has 0 bridgehead atoms. The number of nitrogens with zero attached hydrogens (tertiary/aromatic N) is 1. The lowest BCUT2D eigenvalue weighted by Gasteiger charge is -2.14. The molecule has 0 fully saturated rings. The van der Waals surface area contributed by atoms with Crippen LogP contribution in [0.1, 0.15) is 16.1 Å². The van der Waals surface area contributed by atoms with Crippen LogP contribution in [0.2, 0.25) is 5.02 Å². The van der Waals surface area contributed by atoms with E-state index in [9.17, 15) is 4.79 Å². The van der Waals surface area contributed by atoms with Crippen molar-refractivity contribution >= 4 is 17.5 Å². The molecule has 3 nitrogen and oxygen atoms in total. The molecule has 1 aromatic rings. The minimum Gasteiger partial charge on any atom is -0.352 e. The van der Waals surface area contributed by atoms with Crippen LogP contribution in [0.25, 0.3) is 0 Å². The van der Waals surface area contributed by atoms with Gasteiger partial charge in [0.1, 0.15) is 0 Å². The average Bonchev–Trinajstić information content (AvgIpc) is 2.07. The van der Waals surface area contributed by atoms with Crippen LogP contribution < -0.4 is 5.32 Å². The lowest BCUT2D eigenvalue weighted by Crippen LogP contribution is -2.32. The van der Waals surface area contributed by atoms with Crippen LogP contribution in [-0.2, 0) is 6.42 Å². The lowest BCUT2D eigenvalue weighted by molar-refractivity contribution is 0.0945. The number of fused-ring (bicyclic) bond motifs is 1. The Morgan fingerprint density at radius 2 is 2.42 bits per heavy atom. The van der Waals surface area contributed by atoms with E-state index < -0.39 is 0 Å². The van der Waals surface area contributed by atoms with Crippen LogP contribution in [0.4, 0.5) is 0 Å². The van der Waals surface area contributed by atoms with Crippen molar-refractivity contribution in [3.8, 4) is 0 Å². The van der Waals surface area contributed by atoms with Gasteiger partial charge < -0.3 is 5.32 Å². The van der Waals surface area contributed by atoms with Gasteiger partial charge in [-0.2, -0.15) is 0 Å². The summed E-state index contributed by atoms with van der Waals surface area (Å²) in [6, 6.07) is 1.65. The third kappa shape index (κ3) is 1.16. The van der Waals surface area contributed by atoms with Crippen molar-refractivity contribution in [2.45, 2.75) is 6.42 Å². The fraction of sp³-hybridized carbons (Fsp3) is 0.250. The first kappa shape index (κ1) is 7.55. The van der Waals surface area contributed by atoms with Crippen LogP contribution >= 0.6 is 11.6 Å². The molecule has 0 spiro atoms. The first-order valence-corrected chi connectivity index (χ1v) is 4.08. The zero-order valence-corrected chi connectivity index (χ0v) is 7.06. The normalized spacial score (nSPS) is 15.2. The lowest BCUT2D eigenvalue weighted by atomic mass is 10.1. The van der Waals surface area contributed by atoms with Gasteiger partial charge in [0.15, 0.2) is 0 Å². The van der Waals surface area contributed by atoms with Gasteiger partial charge in [0.2, 0.25) is 0 Å². The molecule has 1 aliphatic heterocycles. The van der Waals surface area contributed by atoms with E-state index in [4.69, 9.17) is 11.6 Å². The highest BCUT2D eigenvalue weighted by Gasteiger charge is 2.17. The van der Waals surface area contributed by atoms with Crippen LogP contribution in [0, 0.1) is 0 Å². The number of nitrogens with one attached hydrogen (secondary N) is 1. The molecule has 1 aliphatic rings. The molecule has 0 saturated heterocycles. The molecular weight excluding hydrogens is 176 g/mol. The molecule has 4 heteroatoms. The van der Waals surface area contributed by atoms with Gasteiger partial charge in [-0.25, -0.2) is 0 Å². The Kier molecular flexibility index (Phi) is 1.73. The first-order valence-electron chi connectivity index (χ1n) is 3.70. The maximum atomic E-state index is 11.2. The van der Waals surface area contributed by atoms with Crippen molar-refractivity contribution in [1.82, 2.24) is 10.3 Å². The third-order valence-electron chi connectivity index (χ3n) is 1.83. The Morgan fingerprint density at radius 3 is 3.25 bits per heavy atom. The molecule has 12 heavy (non-hydrogen) atoms. The van der Waals surface area contributed by atoms with Gasteiger partial charge in [-0.05, 0) is 6.07 Å². The summed E-state index contributed by atoms with van der Waals surface area (Å²) < 4.78 is 0. The fourth-order valence-corrected chi connectivity index (χ4v) is 1.41. The van der Waals surface area contributed by atoms with Crippen molar-refractivity contribution in [3.63, 3.8) is 0 Å². The summed E-state index contributed by atoms with van der Waals surface area (Å²) >= 11 is 5.70. The minimum absolute atomic E-state index is 0.0775. The summed E-state index contributed by atoms with van der Waals surface area (Å²) in [5.74, 6) is -0.0775. The summed E-state index contributed by atoms with van der Waals surface area (Å²) in [6.07, 6.45) is 2.36. The molecule has 0 saturated carbocycles. The highest BCUT2D eigenvalue weighted by Crippen LogP contribution is 2.15. The smallest absolute Gasteiger partial charge is 0.253 e. The van der Waals surface area contributed by atoms with E-state index in [1.54, 1.807) is 12.3 Å². The molecule has 0 atom stereocenters. The Hall–Kier alpha value is -1.09. The predicted octanol–water partition coefficient (Wildman–Crippen LogP) is 1.02. The van der Waals surface area contributed by atoms with Gasteiger partial charge in [-0.1, -0.05) is 11.6 Å².